The Hall–Kier alpha value is -1.44. The van der Waals surface area contributed by atoms with Gasteiger partial charge >= 0.3 is 0 Å². The van der Waals surface area contributed by atoms with E-state index in [4.69, 9.17) is 0 Å². The van der Waals surface area contributed by atoms with E-state index in [-0.39, 0.29) is 11.9 Å². The van der Waals surface area contributed by atoms with Crippen molar-refractivity contribution in [3.8, 4) is 0 Å². The van der Waals surface area contributed by atoms with Crippen LogP contribution in [0.3, 0.4) is 0 Å². The number of benzene rings is 1. The van der Waals surface area contributed by atoms with Crippen LogP contribution in [0.5, 0.6) is 0 Å². The Morgan fingerprint density at radius 2 is 1.67 bits per heavy atom. The van der Waals surface area contributed by atoms with Crippen molar-refractivity contribution in [2.24, 2.45) is 5.92 Å². The summed E-state index contributed by atoms with van der Waals surface area (Å²) < 4.78 is 27.2. The number of rotatable bonds is 8. The Morgan fingerprint density at radius 1 is 1.07 bits per heavy atom. The number of sulfonamides is 1. The third kappa shape index (κ3) is 6.02. The van der Waals surface area contributed by atoms with E-state index in [1.54, 1.807) is 12.1 Å². The smallest absolute Gasteiger partial charge is 0.243 e. The molecule has 1 aromatic carbocycles. The summed E-state index contributed by atoms with van der Waals surface area (Å²) in [6, 6.07) is 7.33. The topological polar surface area (TPSA) is 69.7 Å². The van der Waals surface area contributed by atoms with Crippen molar-refractivity contribution in [3.05, 3.63) is 29.8 Å². The maximum absolute atomic E-state index is 12.8. The summed E-state index contributed by atoms with van der Waals surface area (Å²) in [4.78, 5) is 14.5. The quantitative estimate of drug-likeness (QED) is 0.732. The SMILES string of the molecule is CCCc1ccc(S(=O)(=O)N2CCN(CC(=O)N[C@@H](C)C(C)C)CC2)cc1. The molecule has 0 aliphatic carbocycles. The molecule has 27 heavy (non-hydrogen) atoms. The molecule has 1 amide bonds. The number of amides is 1. The number of nitrogens with one attached hydrogen (secondary N) is 1. The van der Waals surface area contributed by atoms with E-state index in [9.17, 15) is 13.2 Å². The van der Waals surface area contributed by atoms with Crippen LogP contribution < -0.4 is 5.32 Å². The minimum atomic E-state index is -3.47. The van der Waals surface area contributed by atoms with Crippen LogP contribution in [-0.2, 0) is 21.2 Å². The molecule has 1 atom stereocenters. The monoisotopic (exact) mass is 395 g/mol. The van der Waals surface area contributed by atoms with Crippen LogP contribution in [0.2, 0.25) is 0 Å². The number of carbonyl (C=O) groups is 1. The first-order chi connectivity index (χ1) is 12.7. The number of aryl methyl sites for hydroxylation is 1. The van der Waals surface area contributed by atoms with Gasteiger partial charge in [0, 0.05) is 32.2 Å². The molecule has 2 rings (SSSR count). The largest absolute Gasteiger partial charge is 0.352 e. The first-order valence-corrected chi connectivity index (χ1v) is 11.3. The molecule has 1 fully saturated rings. The second-order valence-electron chi connectivity index (χ2n) is 7.67. The lowest BCUT2D eigenvalue weighted by atomic mass is 10.1. The third-order valence-corrected chi connectivity index (χ3v) is 7.10. The van der Waals surface area contributed by atoms with Gasteiger partial charge in [-0.2, -0.15) is 4.31 Å². The summed E-state index contributed by atoms with van der Waals surface area (Å²) in [6.45, 7) is 10.5. The first-order valence-electron chi connectivity index (χ1n) is 9.84. The van der Waals surface area contributed by atoms with Gasteiger partial charge in [0.1, 0.15) is 0 Å². The van der Waals surface area contributed by atoms with Crippen LogP contribution in [0.25, 0.3) is 0 Å². The maximum atomic E-state index is 12.8. The van der Waals surface area contributed by atoms with Gasteiger partial charge < -0.3 is 5.32 Å². The molecular formula is C20H33N3O3S. The van der Waals surface area contributed by atoms with E-state index in [0.29, 0.717) is 43.5 Å². The average molecular weight is 396 g/mol. The summed E-state index contributed by atoms with van der Waals surface area (Å²) in [5.41, 5.74) is 1.16. The summed E-state index contributed by atoms with van der Waals surface area (Å²) >= 11 is 0. The predicted octanol–water partition coefficient (Wildman–Crippen LogP) is 2.11. The van der Waals surface area contributed by atoms with Crippen molar-refractivity contribution in [1.29, 1.82) is 0 Å². The molecule has 0 bridgehead atoms. The fraction of sp³-hybridized carbons (Fsp3) is 0.650. The fourth-order valence-corrected chi connectivity index (χ4v) is 4.49. The number of carbonyl (C=O) groups excluding carboxylic acids is 1. The van der Waals surface area contributed by atoms with E-state index >= 15 is 0 Å². The molecule has 1 heterocycles. The van der Waals surface area contributed by atoms with E-state index in [2.05, 4.69) is 26.1 Å². The van der Waals surface area contributed by atoms with Crippen LogP contribution in [0.15, 0.2) is 29.2 Å². The highest BCUT2D eigenvalue weighted by Gasteiger charge is 2.29. The van der Waals surface area contributed by atoms with Crippen molar-refractivity contribution >= 4 is 15.9 Å². The van der Waals surface area contributed by atoms with Gasteiger partial charge in [-0.3, -0.25) is 9.69 Å². The lowest BCUT2D eigenvalue weighted by molar-refractivity contribution is -0.123. The molecule has 152 valence electrons. The number of hydrogen-bond acceptors (Lipinski definition) is 4. The Morgan fingerprint density at radius 3 is 2.19 bits per heavy atom. The predicted molar refractivity (Wildman–Crippen MR) is 108 cm³/mol. The summed E-state index contributed by atoms with van der Waals surface area (Å²) in [5, 5.41) is 3.00. The van der Waals surface area contributed by atoms with Crippen LogP contribution in [0, 0.1) is 5.92 Å². The van der Waals surface area contributed by atoms with Crippen molar-refractivity contribution in [3.63, 3.8) is 0 Å². The van der Waals surface area contributed by atoms with Gasteiger partial charge in [-0.25, -0.2) is 8.42 Å². The second kappa shape index (κ2) is 9.66. The first kappa shape index (κ1) is 21.9. The molecule has 7 heteroatoms. The number of piperazine rings is 1. The Kier molecular flexibility index (Phi) is 7.82. The molecule has 6 nitrogen and oxygen atoms in total. The van der Waals surface area contributed by atoms with E-state index in [1.807, 2.05) is 24.0 Å². The minimum absolute atomic E-state index is 0.000907. The van der Waals surface area contributed by atoms with Crippen molar-refractivity contribution in [2.45, 2.75) is 51.5 Å². The van der Waals surface area contributed by atoms with E-state index < -0.39 is 10.0 Å². The van der Waals surface area contributed by atoms with Crippen molar-refractivity contribution in [1.82, 2.24) is 14.5 Å². The summed E-state index contributed by atoms with van der Waals surface area (Å²) in [7, 11) is -3.47. The van der Waals surface area contributed by atoms with E-state index in [1.165, 1.54) is 4.31 Å². The van der Waals surface area contributed by atoms with Crippen LogP contribution >= 0.6 is 0 Å². The highest BCUT2D eigenvalue weighted by atomic mass is 32.2. The van der Waals surface area contributed by atoms with Crippen LogP contribution in [0.4, 0.5) is 0 Å². The zero-order chi connectivity index (χ0) is 20.0. The van der Waals surface area contributed by atoms with E-state index in [0.717, 1.165) is 18.4 Å². The Bertz CT molecular complexity index is 708. The van der Waals surface area contributed by atoms with Gasteiger partial charge in [-0.1, -0.05) is 39.3 Å². The summed E-state index contributed by atoms with van der Waals surface area (Å²) in [5.74, 6) is 0.388. The molecule has 1 aliphatic rings. The normalized spacial score (nSPS) is 17.8. The number of hydrogen-bond donors (Lipinski definition) is 1. The van der Waals surface area contributed by atoms with Gasteiger partial charge in [0.2, 0.25) is 15.9 Å². The second-order valence-corrected chi connectivity index (χ2v) is 9.61. The minimum Gasteiger partial charge on any atom is -0.352 e. The lowest BCUT2D eigenvalue weighted by Gasteiger charge is -2.33. The molecule has 0 radical (unpaired) electrons. The van der Waals surface area contributed by atoms with Crippen molar-refractivity contribution in [2.75, 3.05) is 32.7 Å². The van der Waals surface area contributed by atoms with Gasteiger partial charge in [0.25, 0.3) is 0 Å². The Labute approximate surface area is 164 Å². The standard InChI is InChI=1S/C20H33N3O3S/c1-5-6-18-7-9-19(10-8-18)27(25,26)23-13-11-22(12-14-23)15-20(24)21-17(4)16(2)3/h7-10,16-17H,5-6,11-15H2,1-4H3,(H,21,24)/t17-/m0/s1. The van der Waals surface area contributed by atoms with Gasteiger partial charge in [-0.15, -0.1) is 0 Å². The summed E-state index contributed by atoms with van der Waals surface area (Å²) in [6.07, 6.45) is 1.99. The zero-order valence-electron chi connectivity index (χ0n) is 16.9. The molecule has 1 N–H and O–H groups in total. The molecule has 0 saturated carbocycles. The molecule has 1 aromatic rings. The van der Waals surface area contributed by atoms with Crippen LogP contribution in [0.1, 0.15) is 39.7 Å². The molecular weight excluding hydrogens is 362 g/mol. The maximum Gasteiger partial charge on any atom is 0.243 e. The van der Waals surface area contributed by atoms with Gasteiger partial charge in [0.05, 0.1) is 11.4 Å². The third-order valence-electron chi connectivity index (χ3n) is 5.19. The molecule has 1 aliphatic heterocycles. The highest BCUT2D eigenvalue weighted by molar-refractivity contribution is 7.89. The molecule has 0 unspecified atom stereocenters. The van der Waals surface area contributed by atoms with Crippen LogP contribution in [-0.4, -0.2) is 62.3 Å². The number of nitrogens with zero attached hydrogens (tertiary/aromatic N) is 2. The highest BCUT2D eigenvalue weighted by Crippen LogP contribution is 2.18. The average Bonchev–Trinajstić information content (AvgIpc) is 2.62. The Balaban J connectivity index is 1.89. The molecule has 0 spiro atoms. The van der Waals surface area contributed by atoms with Gasteiger partial charge in [0.15, 0.2) is 0 Å². The lowest BCUT2D eigenvalue weighted by Crippen LogP contribution is -2.51. The molecule has 0 aromatic heterocycles. The van der Waals surface area contributed by atoms with Crippen molar-refractivity contribution < 1.29 is 13.2 Å². The van der Waals surface area contributed by atoms with Gasteiger partial charge in [-0.05, 0) is 37.0 Å². The fourth-order valence-electron chi connectivity index (χ4n) is 3.06. The molecule has 1 saturated heterocycles. The zero-order valence-corrected chi connectivity index (χ0v) is 17.8.